The first-order chi connectivity index (χ1) is 7.33. The van der Waals surface area contributed by atoms with Gasteiger partial charge in [-0.1, -0.05) is 0 Å². The van der Waals surface area contributed by atoms with E-state index in [0.717, 1.165) is 12.3 Å². The molecule has 0 bridgehead atoms. The van der Waals surface area contributed by atoms with Gasteiger partial charge < -0.3 is 8.92 Å². The largest absolute Gasteiger partial charge is 0.490 e. The lowest BCUT2D eigenvalue weighted by molar-refractivity contribution is -0.385. The molecular weight excluding hydrogens is 238 g/mol. The minimum atomic E-state index is -3.70. The van der Waals surface area contributed by atoms with Gasteiger partial charge in [0.05, 0.1) is 24.4 Å². The van der Waals surface area contributed by atoms with Crippen molar-refractivity contribution in [2.45, 2.75) is 0 Å². The molecule has 16 heavy (non-hydrogen) atoms. The van der Waals surface area contributed by atoms with Crippen molar-refractivity contribution in [2.24, 2.45) is 0 Å². The summed E-state index contributed by atoms with van der Waals surface area (Å²) in [6.07, 6.45) is 0.850. The normalized spacial score (nSPS) is 10.9. The van der Waals surface area contributed by atoms with Crippen molar-refractivity contribution >= 4 is 15.8 Å². The highest BCUT2D eigenvalue weighted by molar-refractivity contribution is 7.86. The molecule has 0 unspecified atom stereocenters. The Morgan fingerprint density at radius 2 is 2.00 bits per heavy atom. The Balaban J connectivity index is 3.17. The van der Waals surface area contributed by atoms with Crippen LogP contribution in [0.15, 0.2) is 18.2 Å². The van der Waals surface area contributed by atoms with Crippen molar-refractivity contribution in [3.05, 3.63) is 28.3 Å². The SMILES string of the molecule is COc1ccc(OS(C)(=O)=O)cc1[N+](=O)[O-]. The average Bonchev–Trinajstić information content (AvgIpc) is 2.15. The first kappa shape index (κ1) is 12.2. The van der Waals surface area contributed by atoms with Crippen LogP contribution in [0.3, 0.4) is 0 Å². The predicted molar refractivity (Wildman–Crippen MR) is 55.1 cm³/mol. The second-order valence-electron chi connectivity index (χ2n) is 2.88. The fraction of sp³-hybridized carbons (Fsp3) is 0.250. The van der Waals surface area contributed by atoms with Crippen molar-refractivity contribution < 1.29 is 22.3 Å². The van der Waals surface area contributed by atoms with Crippen LogP contribution in [0.1, 0.15) is 0 Å². The summed E-state index contributed by atoms with van der Waals surface area (Å²) in [5.74, 6) is -0.0964. The predicted octanol–water partition coefficient (Wildman–Crippen LogP) is 0.942. The van der Waals surface area contributed by atoms with Crippen LogP contribution in [0, 0.1) is 10.1 Å². The highest BCUT2D eigenvalue weighted by Crippen LogP contribution is 2.31. The van der Waals surface area contributed by atoms with Crippen LogP contribution in [0.2, 0.25) is 0 Å². The summed E-state index contributed by atoms with van der Waals surface area (Å²) in [5.41, 5.74) is -0.358. The molecule has 1 aromatic rings. The summed E-state index contributed by atoms with van der Waals surface area (Å²) in [5, 5.41) is 10.6. The van der Waals surface area contributed by atoms with Gasteiger partial charge in [0.25, 0.3) is 0 Å². The zero-order chi connectivity index (χ0) is 12.3. The van der Waals surface area contributed by atoms with Gasteiger partial charge >= 0.3 is 15.8 Å². The van der Waals surface area contributed by atoms with E-state index < -0.39 is 15.0 Å². The average molecular weight is 247 g/mol. The van der Waals surface area contributed by atoms with E-state index in [-0.39, 0.29) is 17.2 Å². The van der Waals surface area contributed by atoms with Gasteiger partial charge in [0, 0.05) is 0 Å². The smallest absolute Gasteiger partial charge is 0.314 e. The molecule has 0 saturated carbocycles. The van der Waals surface area contributed by atoms with Crippen molar-refractivity contribution in [3.63, 3.8) is 0 Å². The van der Waals surface area contributed by atoms with Crippen molar-refractivity contribution in [3.8, 4) is 11.5 Å². The summed E-state index contributed by atoms with van der Waals surface area (Å²) in [6, 6.07) is 3.52. The summed E-state index contributed by atoms with van der Waals surface area (Å²) in [4.78, 5) is 9.93. The fourth-order valence-corrected chi connectivity index (χ4v) is 1.49. The van der Waals surface area contributed by atoms with Gasteiger partial charge in [-0.05, 0) is 12.1 Å². The number of ether oxygens (including phenoxy) is 1. The van der Waals surface area contributed by atoms with Gasteiger partial charge in [-0.2, -0.15) is 8.42 Å². The number of methoxy groups -OCH3 is 1. The molecule has 0 radical (unpaired) electrons. The number of hydrogen-bond donors (Lipinski definition) is 0. The van der Waals surface area contributed by atoms with Crippen molar-refractivity contribution in [2.75, 3.05) is 13.4 Å². The first-order valence-electron chi connectivity index (χ1n) is 4.05. The topological polar surface area (TPSA) is 95.7 Å². The van der Waals surface area contributed by atoms with Crippen LogP contribution < -0.4 is 8.92 Å². The van der Waals surface area contributed by atoms with E-state index in [4.69, 9.17) is 4.74 Å². The Hall–Kier alpha value is -1.83. The Kier molecular flexibility index (Phi) is 3.33. The Labute approximate surface area is 91.9 Å². The van der Waals surface area contributed by atoms with E-state index in [1.165, 1.54) is 19.2 Å². The van der Waals surface area contributed by atoms with Crippen LogP contribution in [0.5, 0.6) is 11.5 Å². The monoisotopic (exact) mass is 247 g/mol. The Morgan fingerprint density at radius 3 is 2.44 bits per heavy atom. The van der Waals surface area contributed by atoms with Gasteiger partial charge in [0.15, 0.2) is 5.75 Å². The molecule has 0 heterocycles. The third-order valence-corrected chi connectivity index (χ3v) is 2.09. The number of rotatable bonds is 4. The number of benzene rings is 1. The molecular formula is C8H9NO6S. The van der Waals surface area contributed by atoms with Crippen molar-refractivity contribution in [1.29, 1.82) is 0 Å². The molecule has 7 nitrogen and oxygen atoms in total. The third kappa shape index (κ3) is 3.09. The molecule has 1 rings (SSSR count). The quantitative estimate of drug-likeness (QED) is 0.446. The maximum Gasteiger partial charge on any atom is 0.314 e. The molecule has 8 heteroatoms. The van der Waals surface area contributed by atoms with Gasteiger partial charge in [0.2, 0.25) is 0 Å². The first-order valence-corrected chi connectivity index (χ1v) is 5.87. The maximum atomic E-state index is 10.8. The number of nitro benzene ring substituents is 1. The highest BCUT2D eigenvalue weighted by atomic mass is 32.2. The lowest BCUT2D eigenvalue weighted by atomic mass is 10.3. The van der Waals surface area contributed by atoms with Crippen molar-refractivity contribution in [1.82, 2.24) is 0 Å². The summed E-state index contributed by atoms with van der Waals surface area (Å²) < 4.78 is 30.9. The second kappa shape index (κ2) is 4.35. The van der Waals surface area contributed by atoms with Crippen LogP contribution in [0.4, 0.5) is 5.69 Å². The minimum Gasteiger partial charge on any atom is -0.490 e. The lowest BCUT2D eigenvalue weighted by Gasteiger charge is -2.05. The number of hydrogen-bond acceptors (Lipinski definition) is 6. The molecule has 88 valence electrons. The molecule has 0 saturated heterocycles. The van der Waals surface area contributed by atoms with E-state index in [1.807, 2.05) is 0 Å². The molecule has 0 aliphatic heterocycles. The van der Waals surface area contributed by atoms with Gasteiger partial charge in [-0.25, -0.2) is 0 Å². The zero-order valence-corrected chi connectivity index (χ0v) is 9.35. The number of nitro groups is 1. The van der Waals surface area contributed by atoms with E-state index in [0.29, 0.717) is 0 Å². The molecule has 0 fully saturated rings. The Morgan fingerprint density at radius 1 is 1.38 bits per heavy atom. The molecule has 0 spiro atoms. The number of nitrogens with zero attached hydrogens (tertiary/aromatic N) is 1. The summed E-state index contributed by atoms with van der Waals surface area (Å²) in [7, 11) is -2.43. The zero-order valence-electron chi connectivity index (χ0n) is 8.54. The molecule has 1 aromatic carbocycles. The third-order valence-electron chi connectivity index (χ3n) is 1.59. The van der Waals surface area contributed by atoms with E-state index in [2.05, 4.69) is 4.18 Å². The molecule has 0 N–H and O–H groups in total. The highest BCUT2D eigenvalue weighted by Gasteiger charge is 2.17. The Bertz CT molecular complexity index is 509. The van der Waals surface area contributed by atoms with E-state index in [1.54, 1.807) is 0 Å². The molecule has 0 amide bonds. The molecule has 0 aromatic heterocycles. The van der Waals surface area contributed by atoms with Gasteiger partial charge in [-0.15, -0.1) is 0 Å². The van der Waals surface area contributed by atoms with E-state index in [9.17, 15) is 18.5 Å². The maximum absolute atomic E-state index is 10.8. The van der Waals surface area contributed by atoms with Crippen LogP contribution in [-0.2, 0) is 10.1 Å². The van der Waals surface area contributed by atoms with E-state index >= 15 is 0 Å². The molecule has 0 aliphatic carbocycles. The minimum absolute atomic E-state index is 0.0332. The van der Waals surface area contributed by atoms with Crippen LogP contribution in [-0.4, -0.2) is 26.7 Å². The van der Waals surface area contributed by atoms with Gasteiger partial charge in [0.1, 0.15) is 5.75 Å². The fourth-order valence-electron chi connectivity index (χ4n) is 1.04. The standard InChI is InChI=1S/C8H9NO6S/c1-14-8-4-3-6(15-16(2,12)13)5-7(8)9(10)11/h3-5H,1-2H3. The lowest BCUT2D eigenvalue weighted by Crippen LogP contribution is -2.06. The van der Waals surface area contributed by atoms with Gasteiger partial charge in [-0.3, -0.25) is 10.1 Å². The summed E-state index contributed by atoms with van der Waals surface area (Å²) >= 11 is 0. The molecule has 0 aliphatic rings. The second-order valence-corrected chi connectivity index (χ2v) is 4.45. The van der Waals surface area contributed by atoms with Crippen LogP contribution in [0.25, 0.3) is 0 Å². The summed E-state index contributed by atoms with van der Waals surface area (Å²) in [6.45, 7) is 0. The van der Waals surface area contributed by atoms with Crippen LogP contribution >= 0.6 is 0 Å². The molecule has 0 atom stereocenters.